The van der Waals surface area contributed by atoms with E-state index in [9.17, 15) is 9.18 Å². The fourth-order valence-corrected chi connectivity index (χ4v) is 2.19. The zero-order valence-electron chi connectivity index (χ0n) is 11.6. The molecule has 20 heavy (non-hydrogen) atoms. The third-order valence-corrected chi connectivity index (χ3v) is 3.37. The molecule has 0 bridgehead atoms. The van der Waals surface area contributed by atoms with Gasteiger partial charge < -0.3 is 14.7 Å². The van der Waals surface area contributed by atoms with Crippen LogP contribution in [0.2, 0.25) is 0 Å². The first-order valence-electron chi connectivity index (χ1n) is 6.44. The van der Waals surface area contributed by atoms with E-state index in [-0.39, 0.29) is 31.0 Å². The number of amides is 1. The maximum Gasteiger partial charge on any atom is 0.260 e. The second-order valence-electron chi connectivity index (χ2n) is 4.62. The van der Waals surface area contributed by atoms with Crippen LogP contribution in [0.1, 0.15) is 20.3 Å². The van der Waals surface area contributed by atoms with Crippen LogP contribution in [0.5, 0.6) is 5.75 Å². The molecule has 0 unspecified atom stereocenters. The standard InChI is InChI=1S/C14H19BrFNO3/c1-10(2)17(6-3-7-18)14(19)9-20-13-5-4-11(16)8-12(13)15/h4-5,8,10,18H,3,6-7,9H2,1-2H3. The van der Waals surface area contributed by atoms with Crippen molar-refractivity contribution in [2.45, 2.75) is 26.3 Å². The molecule has 0 aliphatic heterocycles. The molecular formula is C14H19BrFNO3. The van der Waals surface area contributed by atoms with E-state index in [2.05, 4.69) is 15.9 Å². The first-order valence-corrected chi connectivity index (χ1v) is 7.23. The van der Waals surface area contributed by atoms with Gasteiger partial charge in [-0.3, -0.25) is 4.79 Å². The molecule has 0 saturated carbocycles. The lowest BCUT2D eigenvalue weighted by atomic mass is 10.3. The lowest BCUT2D eigenvalue weighted by molar-refractivity contribution is -0.135. The number of rotatable bonds is 7. The van der Waals surface area contributed by atoms with E-state index in [1.54, 1.807) is 4.90 Å². The summed E-state index contributed by atoms with van der Waals surface area (Å²) in [5.74, 6) is -0.113. The topological polar surface area (TPSA) is 49.8 Å². The molecule has 1 N–H and O–H groups in total. The molecule has 0 aromatic heterocycles. The number of carbonyl (C=O) groups is 1. The minimum atomic E-state index is -0.373. The average molecular weight is 348 g/mol. The molecule has 0 fully saturated rings. The lowest BCUT2D eigenvalue weighted by Crippen LogP contribution is -2.40. The van der Waals surface area contributed by atoms with E-state index in [1.807, 2.05) is 13.8 Å². The fourth-order valence-electron chi connectivity index (χ4n) is 1.73. The Morgan fingerprint density at radius 3 is 2.75 bits per heavy atom. The predicted molar refractivity (Wildman–Crippen MR) is 78.1 cm³/mol. The van der Waals surface area contributed by atoms with Gasteiger partial charge in [-0.2, -0.15) is 0 Å². The summed E-state index contributed by atoms with van der Waals surface area (Å²) in [5.41, 5.74) is 0. The number of aliphatic hydroxyl groups excluding tert-OH is 1. The highest BCUT2D eigenvalue weighted by molar-refractivity contribution is 9.10. The Kier molecular flexibility index (Phi) is 6.95. The molecule has 112 valence electrons. The van der Waals surface area contributed by atoms with Crippen molar-refractivity contribution in [1.82, 2.24) is 4.90 Å². The zero-order chi connectivity index (χ0) is 15.1. The Hall–Kier alpha value is -1.14. The lowest BCUT2D eigenvalue weighted by Gasteiger charge is -2.26. The van der Waals surface area contributed by atoms with Crippen LogP contribution in [0.25, 0.3) is 0 Å². The van der Waals surface area contributed by atoms with E-state index >= 15 is 0 Å². The molecule has 0 spiro atoms. The number of hydrogen-bond acceptors (Lipinski definition) is 3. The summed E-state index contributed by atoms with van der Waals surface area (Å²) >= 11 is 3.18. The molecule has 1 amide bonds. The van der Waals surface area contributed by atoms with Gasteiger partial charge in [0.15, 0.2) is 6.61 Å². The monoisotopic (exact) mass is 347 g/mol. The number of ether oxygens (including phenoxy) is 1. The second kappa shape index (κ2) is 8.21. The fraction of sp³-hybridized carbons (Fsp3) is 0.500. The molecule has 1 aromatic carbocycles. The largest absolute Gasteiger partial charge is 0.483 e. The number of nitrogens with zero attached hydrogens (tertiary/aromatic N) is 1. The van der Waals surface area contributed by atoms with Crippen LogP contribution in [0, 0.1) is 5.82 Å². The highest BCUT2D eigenvalue weighted by Gasteiger charge is 2.17. The van der Waals surface area contributed by atoms with Gasteiger partial charge in [0.05, 0.1) is 4.47 Å². The number of halogens is 2. The molecule has 0 radical (unpaired) electrons. The smallest absolute Gasteiger partial charge is 0.260 e. The van der Waals surface area contributed by atoms with Crippen molar-refractivity contribution in [2.24, 2.45) is 0 Å². The van der Waals surface area contributed by atoms with Gasteiger partial charge in [0, 0.05) is 19.2 Å². The van der Waals surface area contributed by atoms with Gasteiger partial charge in [0.1, 0.15) is 11.6 Å². The van der Waals surface area contributed by atoms with Crippen LogP contribution in [0.3, 0.4) is 0 Å². The Morgan fingerprint density at radius 1 is 1.50 bits per heavy atom. The number of benzene rings is 1. The zero-order valence-corrected chi connectivity index (χ0v) is 13.2. The van der Waals surface area contributed by atoms with Crippen molar-refractivity contribution in [1.29, 1.82) is 0 Å². The molecule has 1 rings (SSSR count). The molecule has 4 nitrogen and oxygen atoms in total. The highest BCUT2D eigenvalue weighted by atomic mass is 79.9. The Balaban J connectivity index is 2.60. The van der Waals surface area contributed by atoms with Gasteiger partial charge in [0.25, 0.3) is 5.91 Å². The van der Waals surface area contributed by atoms with Crippen LogP contribution in [-0.4, -0.2) is 41.7 Å². The normalized spacial score (nSPS) is 10.7. The molecule has 0 heterocycles. The summed E-state index contributed by atoms with van der Waals surface area (Å²) in [6.07, 6.45) is 0.532. The highest BCUT2D eigenvalue weighted by Crippen LogP contribution is 2.25. The van der Waals surface area contributed by atoms with Crippen molar-refractivity contribution in [2.75, 3.05) is 19.8 Å². The summed E-state index contributed by atoms with van der Waals surface area (Å²) in [6.45, 7) is 4.22. The Labute approximate surface area is 126 Å². The minimum absolute atomic E-state index is 0.0364. The van der Waals surface area contributed by atoms with Gasteiger partial charge >= 0.3 is 0 Å². The Morgan fingerprint density at radius 2 is 2.20 bits per heavy atom. The summed E-state index contributed by atoms with van der Waals surface area (Å²) in [6, 6.07) is 4.07. The first-order chi connectivity index (χ1) is 9.45. The SMILES string of the molecule is CC(C)N(CCCO)C(=O)COc1ccc(F)cc1Br. The molecule has 1 aromatic rings. The van der Waals surface area contributed by atoms with Gasteiger partial charge in [-0.1, -0.05) is 0 Å². The number of carbonyl (C=O) groups excluding carboxylic acids is 1. The second-order valence-corrected chi connectivity index (χ2v) is 5.48. The van der Waals surface area contributed by atoms with Crippen molar-refractivity contribution in [3.05, 3.63) is 28.5 Å². The van der Waals surface area contributed by atoms with Crippen LogP contribution >= 0.6 is 15.9 Å². The molecule has 0 saturated heterocycles. The molecular weight excluding hydrogens is 329 g/mol. The van der Waals surface area contributed by atoms with E-state index in [0.717, 1.165) is 0 Å². The third kappa shape index (κ3) is 5.09. The Bertz CT molecular complexity index is 454. The van der Waals surface area contributed by atoms with Gasteiger partial charge in [-0.05, 0) is 54.4 Å². The third-order valence-electron chi connectivity index (χ3n) is 2.75. The van der Waals surface area contributed by atoms with E-state index in [1.165, 1.54) is 18.2 Å². The predicted octanol–water partition coefficient (Wildman–Crippen LogP) is 2.59. The van der Waals surface area contributed by atoms with Crippen LogP contribution in [-0.2, 0) is 4.79 Å². The van der Waals surface area contributed by atoms with E-state index < -0.39 is 0 Å². The van der Waals surface area contributed by atoms with Crippen LogP contribution in [0.4, 0.5) is 4.39 Å². The van der Waals surface area contributed by atoms with Crippen LogP contribution in [0.15, 0.2) is 22.7 Å². The van der Waals surface area contributed by atoms with Gasteiger partial charge in [-0.15, -0.1) is 0 Å². The van der Waals surface area contributed by atoms with E-state index in [0.29, 0.717) is 23.2 Å². The summed E-state index contributed by atoms with van der Waals surface area (Å²) in [5, 5.41) is 8.84. The summed E-state index contributed by atoms with van der Waals surface area (Å²) in [7, 11) is 0. The van der Waals surface area contributed by atoms with Crippen molar-refractivity contribution in [3.63, 3.8) is 0 Å². The summed E-state index contributed by atoms with van der Waals surface area (Å²) < 4.78 is 18.8. The van der Waals surface area contributed by atoms with Gasteiger partial charge in [-0.25, -0.2) is 4.39 Å². The molecule has 0 aliphatic rings. The quantitative estimate of drug-likeness (QED) is 0.824. The number of hydrogen-bond donors (Lipinski definition) is 1. The summed E-state index contributed by atoms with van der Waals surface area (Å²) in [4.78, 5) is 13.7. The molecule has 6 heteroatoms. The van der Waals surface area contributed by atoms with Crippen molar-refractivity contribution < 1.29 is 19.0 Å². The van der Waals surface area contributed by atoms with Crippen LogP contribution < -0.4 is 4.74 Å². The van der Waals surface area contributed by atoms with E-state index in [4.69, 9.17) is 9.84 Å². The molecule has 0 atom stereocenters. The minimum Gasteiger partial charge on any atom is -0.483 e. The first kappa shape index (κ1) is 16.9. The molecule has 0 aliphatic carbocycles. The average Bonchev–Trinajstić information content (AvgIpc) is 2.37. The number of aliphatic hydroxyl groups is 1. The maximum atomic E-state index is 12.9. The van der Waals surface area contributed by atoms with Crippen molar-refractivity contribution >= 4 is 21.8 Å². The van der Waals surface area contributed by atoms with Crippen molar-refractivity contribution in [3.8, 4) is 5.75 Å². The van der Waals surface area contributed by atoms with Gasteiger partial charge in [0.2, 0.25) is 0 Å². The maximum absolute atomic E-state index is 12.9.